The molecule has 154 valence electrons. The molecular formula is C18H13Cl2N5O5. The highest BCUT2D eigenvalue weighted by atomic mass is 35.5. The smallest absolute Gasteiger partial charge is 0.316 e. The van der Waals surface area contributed by atoms with E-state index in [1.165, 1.54) is 36.4 Å². The highest BCUT2D eigenvalue weighted by Crippen LogP contribution is 2.21. The molecule has 12 heteroatoms. The lowest BCUT2D eigenvalue weighted by molar-refractivity contribution is -0.384. The molecule has 0 atom stereocenters. The van der Waals surface area contributed by atoms with Gasteiger partial charge in [-0.2, -0.15) is 4.98 Å². The molecule has 0 aliphatic carbocycles. The van der Waals surface area contributed by atoms with Crippen LogP contribution in [0.2, 0.25) is 10.0 Å². The summed E-state index contributed by atoms with van der Waals surface area (Å²) in [6.07, 6.45) is 0. The molecule has 0 saturated heterocycles. The first-order valence-corrected chi connectivity index (χ1v) is 9.20. The summed E-state index contributed by atoms with van der Waals surface area (Å²) < 4.78 is 4.91. The number of halogens is 2. The molecule has 2 amide bonds. The van der Waals surface area contributed by atoms with E-state index in [-0.39, 0.29) is 41.1 Å². The molecule has 0 aliphatic heterocycles. The van der Waals surface area contributed by atoms with Crippen LogP contribution in [0.3, 0.4) is 0 Å². The fourth-order valence-corrected chi connectivity index (χ4v) is 2.74. The van der Waals surface area contributed by atoms with Crippen molar-refractivity contribution >= 4 is 40.7 Å². The average molecular weight is 450 g/mol. The molecule has 2 N–H and O–H groups in total. The summed E-state index contributed by atoms with van der Waals surface area (Å²) in [7, 11) is 0. The van der Waals surface area contributed by atoms with Crippen LogP contribution in [0.1, 0.15) is 21.0 Å². The van der Waals surface area contributed by atoms with E-state index in [2.05, 4.69) is 20.8 Å². The van der Waals surface area contributed by atoms with Crippen LogP contribution in [0, 0.1) is 10.1 Å². The minimum absolute atomic E-state index is 0.0821. The number of amides is 2. The van der Waals surface area contributed by atoms with Crippen molar-refractivity contribution in [3.8, 4) is 11.4 Å². The average Bonchev–Trinajstić information content (AvgIpc) is 3.23. The van der Waals surface area contributed by atoms with E-state index in [1.807, 2.05) is 0 Å². The standard InChI is InChI=1S/C18H13Cl2N5O5/c19-11-3-6-14(20)13(9-11)16(26)21-7-8-22-17(27)18-23-15(24-30-18)10-1-4-12(5-2-10)25(28)29/h1-6,9H,7-8H2,(H,21,26)(H,22,27). The van der Waals surface area contributed by atoms with Gasteiger partial charge in [-0.3, -0.25) is 19.7 Å². The molecule has 0 spiro atoms. The quantitative estimate of drug-likeness (QED) is 0.320. The van der Waals surface area contributed by atoms with E-state index < -0.39 is 16.7 Å². The highest BCUT2D eigenvalue weighted by Gasteiger charge is 2.17. The summed E-state index contributed by atoms with van der Waals surface area (Å²) >= 11 is 11.8. The van der Waals surface area contributed by atoms with E-state index in [0.717, 1.165) is 0 Å². The predicted octanol–water partition coefficient (Wildman–Crippen LogP) is 3.11. The molecule has 1 heterocycles. The van der Waals surface area contributed by atoms with Crippen molar-refractivity contribution in [3.05, 3.63) is 74.1 Å². The van der Waals surface area contributed by atoms with Crippen molar-refractivity contribution in [2.24, 2.45) is 0 Å². The number of aromatic nitrogens is 2. The number of benzene rings is 2. The normalized spacial score (nSPS) is 10.5. The predicted molar refractivity (Wildman–Crippen MR) is 108 cm³/mol. The number of hydrogen-bond acceptors (Lipinski definition) is 7. The third kappa shape index (κ3) is 5.10. The molecule has 10 nitrogen and oxygen atoms in total. The highest BCUT2D eigenvalue weighted by molar-refractivity contribution is 6.35. The van der Waals surface area contributed by atoms with Crippen LogP contribution in [0.4, 0.5) is 5.69 Å². The number of rotatable bonds is 7. The summed E-state index contributed by atoms with van der Waals surface area (Å²) in [4.78, 5) is 38.3. The van der Waals surface area contributed by atoms with Gasteiger partial charge in [0.25, 0.3) is 11.6 Å². The number of nitrogens with zero attached hydrogens (tertiary/aromatic N) is 3. The fraction of sp³-hybridized carbons (Fsp3) is 0.111. The second-order valence-electron chi connectivity index (χ2n) is 5.86. The van der Waals surface area contributed by atoms with Gasteiger partial charge in [-0.25, -0.2) is 0 Å². The van der Waals surface area contributed by atoms with Crippen LogP contribution in [0.15, 0.2) is 47.0 Å². The maximum Gasteiger partial charge on any atom is 0.316 e. The molecule has 0 fully saturated rings. The van der Waals surface area contributed by atoms with E-state index in [1.54, 1.807) is 6.07 Å². The van der Waals surface area contributed by atoms with Gasteiger partial charge in [0.1, 0.15) is 0 Å². The summed E-state index contributed by atoms with van der Waals surface area (Å²) in [5.74, 6) is -1.24. The summed E-state index contributed by atoms with van der Waals surface area (Å²) in [5.41, 5.74) is 0.593. The van der Waals surface area contributed by atoms with Crippen molar-refractivity contribution < 1.29 is 19.0 Å². The zero-order valence-corrected chi connectivity index (χ0v) is 16.6. The Kier molecular flexibility index (Phi) is 6.60. The number of carbonyl (C=O) groups excluding carboxylic acids is 2. The van der Waals surface area contributed by atoms with Crippen LogP contribution in [0.5, 0.6) is 0 Å². The number of nitro benzene ring substituents is 1. The lowest BCUT2D eigenvalue weighted by Gasteiger charge is -2.07. The Morgan fingerprint density at radius 1 is 1.03 bits per heavy atom. The molecular weight excluding hydrogens is 437 g/mol. The minimum atomic E-state index is -0.634. The van der Waals surface area contributed by atoms with Crippen LogP contribution in [-0.4, -0.2) is 40.0 Å². The van der Waals surface area contributed by atoms with E-state index in [4.69, 9.17) is 27.7 Å². The third-order valence-electron chi connectivity index (χ3n) is 3.83. The molecule has 0 radical (unpaired) electrons. The van der Waals surface area contributed by atoms with Gasteiger partial charge >= 0.3 is 11.8 Å². The molecule has 1 aromatic heterocycles. The zero-order valence-electron chi connectivity index (χ0n) is 15.1. The molecule has 3 aromatic rings. The number of carbonyl (C=O) groups is 2. The first-order valence-electron chi connectivity index (χ1n) is 8.45. The number of hydrogen-bond donors (Lipinski definition) is 2. The van der Waals surface area contributed by atoms with Gasteiger partial charge in [-0.15, -0.1) is 0 Å². The maximum atomic E-state index is 12.1. The molecule has 0 unspecified atom stereocenters. The van der Waals surface area contributed by atoms with Crippen molar-refractivity contribution in [1.82, 2.24) is 20.8 Å². The Bertz CT molecular complexity index is 1100. The monoisotopic (exact) mass is 449 g/mol. The van der Waals surface area contributed by atoms with E-state index >= 15 is 0 Å². The SMILES string of the molecule is O=C(NCCNC(=O)c1cc(Cl)ccc1Cl)c1nc(-c2ccc([N+](=O)[O-])cc2)no1. The summed E-state index contributed by atoms with van der Waals surface area (Å²) in [6.45, 7) is 0.217. The molecule has 0 saturated carbocycles. The number of nitro groups is 1. The Balaban J connectivity index is 1.51. The number of nitrogens with one attached hydrogen (secondary N) is 2. The largest absolute Gasteiger partial charge is 0.350 e. The maximum absolute atomic E-state index is 12.1. The molecule has 2 aromatic carbocycles. The zero-order chi connectivity index (χ0) is 21.7. The van der Waals surface area contributed by atoms with E-state index in [0.29, 0.717) is 10.6 Å². The summed E-state index contributed by atoms with van der Waals surface area (Å²) in [5, 5.41) is 20.1. The van der Waals surface area contributed by atoms with Gasteiger partial charge in [0.05, 0.1) is 15.5 Å². The van der Waals surface area contributed by atoms with Crippen LogP contribution >= 0.6 is 23.2 Å². The lowest BCUT2D eigenvalue weighted by Crippen LogP contribution is -2.34. The molecule has 0 bridgehead atoms. The first-order chi connectivity index (χ1) is 14.3. The first kappa shape index (κ1) is 21.2. The van der Waals surface area contributed by atoms with Crippen molar-refractivity contribution in [2.75, 3.05) is 13.1 Å². The van der Waals surface area contributed by atoms with Crippen molar-refractivity contribution in [2.45, 2.75) is 0 Å². The second kappa shape index (κ2) is 9.33. The molecule has 30 heavy (non-hydrogen) atoms. The molecule has 3 rings (SSSR count). The van der Waals surface area contributed by atoms with E-state index in [9.17, 15) is 19.7 Å². The van der Waals surface area contributed by atoms with Crippen molar-refractivity contribution in [1.29, 1.82) is 0 Å². The minimum Gasteiger partial charge on any atom is -0.350 e. The van der Waals surface area contributed by atoms with Gasteiger partial charge in [0, 0.05) is 35.8 Å². The van der Waals surface area contributed by atoms with Crippen molar-refractivity contribution in [3.63, 3.8) is 0 Å². The lowest BCUT2D eigenvalue weighted by atomic mass is 10.2. The number of non-ortho nitro benzene ring substituents is 1. The van der Waals surface area contributed by atoms with Gasteiger partial charge in [-0.1, -0.05) is 28.4 Å². The third-order valence-corrected chi connectivity index (χ3v) is 4.39. The second-order valence-corrected chi connectivity index (χ2v) is 6.71. The Hall–Kier alpha value is -3.50. The Morgan fingerprint density at radius 3 is 2.37 bits per heavy atom. The van der Waals surface area contributed by atoms with Gasteiger partial charge in [0.15, 0.2) is 0 Å². The molecule has 0 aliphatic rings. The van der Waals surface area contributed by atoms with Gasteiger partial charge < -0.3 is 15.2 Å². The summed E-state index contributed by atoms with van der Waals surface area (Å²) in [6, 6.07) is 9.99. The van der Waals surface area contributed by atoms with Crippen LogP contribution in [-0.2, 0) is 0 Å². The van der Waals surface area contributed by atoms with Crippen LogP contribution < -0.4 is 10.6 Å². The Morgan fingerprint density at radius 2 is 1.70 bits per heavy atom. The van der Waals surface area contributed by atoms with Gasteiger partial charge in [0.2, 0.25) is 5.82 Å². The fourth-order valence-electron chi connectivity index (χ4n) is 2.36. The topological polar surface area (TPSA) is 140 Å². The van der Waals surface area contributed by atoms with Crippen LogP contribution in [0.25, 0.3) is 11.4 Å². The Labute approximate surface area is 179 Å². The van der Waals surface area contributed by atoms with Gasteiger partial charge in [-0.05, 0) is 30.3 Å².